The molecule has 1 fully saturated rings. The molecule has 0 radical (unpaired) electrons. The third-order valence-electron chi connectivity index (χ3n) is 5.77. The zero-order valence-corrected chi connectivity index (χ0v) is 17.5. The molecule has 31 heavy (non-hydrogen) atoms. The molecule has 0 bridgehead atoms. The van der Waals surface area contributed by atoms with Crippen LogP contribution in [0.25, 0.3) is 10.9 Å². The Labute approximate surface area is 180 Å². The first-order valence-corrected chi connectivity index (χ1v) is 10.5. The summed E-state index contributed by atoms with van der Waals surface area (Å²) < 4.78 is 12.2. The van der Waals surface area contributed by atoms with Gasteiger partial charge < -0.3 is 14.8 Å². The second-order valence-electron chi connectivity index (χ2n) is 7.70. The number of fused-ring (bicyclic) bond motifs is 1. The molecular formula is C23H26N4O4. The predicted octanol–water partition coefficient (Wildman–Crippen LogP) is 2.05. The van der Waals surface area contributed by atoms with Crippen molar-refractivity contribution in [2.75, 3.05) is 26.4 Å². The van der Waals surface area contributed by atoms with Gasteiger partial charge in [0.15, 0.2) is 0 Å². The molecule has 8 heteroatoms. The molecule has 162 valence electrons. The molecule has 8 nitrogen and oxygen atoms in total. The van der Waals surface area contributed by atoms with Gasteiger partial charge in [0.05, 0.1) is 12.0 Å². The lowest BCUT2D eigenvalue weighted by atomic mass is 9.74. The van der Waals surface area contributed by atoms with Crippen molar-refractivity contribution in [3.63, 3.8) is 0 Å². The molecule has 0 atom stereocenters. The molecule has 1 saturated heterocycles. The molecule has 0 aliphatic carbocycles. The largest absolute Gasteiger partial charge is 0.494 e. The quantitative estimate of drug-likeness (QED) is 0.626. The summed E-state index contributed by atoms with van der Waals surface area (Å²) >= 11 is 0. The predicted molar refractivity (Wildman–Crippen MR) is 116 cm³/mol. The molecule has 0 saturated carbocycles. The number of aromatic nitrogens is 3. The molecule has 1 amide bonds. The van der Waals surface area contributed by atoms with Gasteiger partial charge in [0.2, 0.25) is 5.91 Å². The summed E-state index contributed by atoms with van der Waals surface area (Å²) in [6.45, 7) is 4.13. The normalized spacial score (nSPS) is 15.5. The van der Waals surface area contributed by atoms with E-state index in [4.69, 9.17) is 9.47 Å². The Kier molecular flexibility index (Phi) is 6.27. The van der Waals surface area contributed by atoms with Crippen molar-refractivity contribution >= 4 is 16.8 Å². The SMILES string of the molecule is CCOc1ccc(C2(CNC(=O)Cn3nnc4ccccc4c3=O)CCOCC2)cc1. The lowest BCUT2D eigenvalue weighted by molar-refractivity contribution is -0.122. The Hall–Kier alpha value is -3.26. The molecule has 1 aliphatic rings. The third kappa shape index (κ3) is 4.59. The molecule has 2 aromatic carbocycles. The van der Waals surface area contributed by atoms with Crippen molar-refractivity contribution in [3.8, 4) is 5.75 Å². The van der Waals surface area contributed by atoms with Crippen molar-refractivity contribution in [3.05, 3.63) is 64.4 Å². The standard InChI is InChI=1S/C23H26N4O4/c1-2-31-18-9-7-17(8-10-18)23(11-13-30-14-12-23)16-24-21(28)15-27-22(29)19-5-3-4-6-20(19)25-26-27/h3-10H,2,11-16H2,1H3,(H,24,28). The van der Waals surface area contributed by atoms with E-state index in [1.165, 1.54) is 0 Å². The fourth-order valence-electron chi connectivity index (χ4n) is 3.99. The maximum Gasteiger partial charge on any atom is 0.278 e. The number of rotatable bonds is 7. The Bertz CT molecular complexity index is 1100. The molecule has 0 unspecified atom stereocenters. The highest BCUT2D eigenvalue weighted by atomic mass is 16.5. The molecule has 4 rings (SSSR count). The molecule has 1 aliphatic heterocycles. The average molecular weight is 422 g/mol. The van der Waals surface area contributed by atoms with Gasteiger partial charge >= 0.3 is 0 Å². The first kappa shape index (κ1) is 21.0. The van der Waals surface area contributed by atoms with Gasteiger partial charge in [-0.1, -0.05) is 29.5 Å². The summed E-state index contributed by atoms with van der Waals surface area (Å²) in [5.41, 5.74) is 1.11. The van der Waals surface area contributed by atoms with Crippen LogP contribution < -0.4 is 15.6 Å². The smallest absolute Gasteiger partial charge is 0.278 e. The van der Waals surface area contributed by atoms with Crippen molar-refractivity contribution in [1.29, 1.82) is 0 Å². The van der Waals surface area contributed by atoms with E-state index in [1.54, 1.807) is 24.3 Å². The number of amides is 1. The molecule has 2 heterocycles. The maximum atomic E-state index is 12.7. The number of benzene rings is 2. The van der Waals surface area contributed by atoms with Gasteiger partial charge in [0.1, 0.15) is 17.8 Å². The lowest BCUT2D eigenvalue weighted by Gasteiger charge is -2.38. The van der Waals surface area contributed by atoms with E-state index in [1.807, 2.05) is 19.1 Å². The van der Waals surface area contributed by atoms with Crippen LogP contribution >= 0.6 is 0 Å². The maximum absolute atomic E-state index is 12.7. The van der Waals surface area contributed by atoms with E-state index in [9.17, 15) is 9.59 Å². The fourth-order valence-corrected chi connectivity index (χ4v) is 3.99. The number of ether oxygens (including phenoxy) is 2. The number of hydrogen-bond donors (Lipinski definition) is 1. The second kappa shape index (κ2) is 9.26. The minimum Gasteiger partial charge on any atom is -0.494 e. The topological polar surface area (TPSA) is 95.3 Å². The number of hydrogen-bond acceptors (Lipinski definition) is 6. The number of nitrogens with one attached hydrogen (secondary N) is 1. The zero-order chi connectivity index (χ0) is 21.7. The van der Waals surface area contributed by atoms with E-state index in [-0.39, 0.29) is 23.4 Å². The fraction of sp³-hybridized carbons (Fsp3) is 0.391. The third-order valence-corrected chi connectivity index (χ3v) is 5.77. The summed E-state index contributed by atoms with van der Waals surface area (Å²) in [7, 11) is 0. The van der Waals surface area contributed by atoms with Crippen LogP contribution in [0.4, 0.5) is 0 Å². The summed E-state index contributed by atoms with van der Waals surface area (Å²) in [4.78, 5) is 25.3. The van der Waals surface area contributed by atoms with Crippen molar-refractivity contribution < 1.29 is 14.3 Å². The lowest BCUT2D eigenvalue weighted by Crippen LogP contribution is -2.46. The molecule has 1 N–H and O–H groups in total. The van der Waals surface area contributed by atoms with Gasteiger partial charge in [-0.05, 0) is 49.6 Å². The van der Waals surface area contributed by atoms with Crippen LogP contribution in [-0.2, 0) is 21.5 Å². The van der Waals surface area contributed by atoms with E-state index in [2.05, 4.69) is 27.8 Å². The van der Waals surface area contributed by atoms with E-state index < -0.39 is 0 Å². The number of carbonyl (C=O) groups is 1. The summed E-state index contributed by atoms with van der Waals surface area (Å²) in [5, 5.41) is 11.4. The summed E-state index contributed by atoms with van der Waals surface area (Å²) in [6.07, 6.45) is 1.61. The van der Waals surface area contributed by atoms with Crippen LogP contribution in [0.1, 0.15) is 25.3 Å². The van der Waals surface area contributed by atoms with Gasteiger partial charge in [-0.25, -0.2) is 4.68 Å². The molecular weight excluding hydrogens is 396 g/mol. The zero-order valence-electron chi connectivity index (χ0n) is 17.5. The van der Waals surface area contributed by atoms with Gasteiger partial charge in [0.25, 0.3) is 5.56 Å². The van der Waals surface area contributed by atoms with E-state index in [0.29, 0.717) is 37.3 Å². The average Bonchev–Trinajstić information content (AvgIpc) is 2.81. The second-order valence-corrected chi connectivity index (χ2v) is 7.70. The highest BCUT2D eigenvalue weighted by Gasteiger charge is 2.35. The highest BCUT2D eigenvalue weighted by Crippen LogP contribution is 2.35. The van der Waals surface area contributed by atoms with Crippen molar-refractivity contribution in [1.82, 2.24) is 20.3 Å². The summed E-state index contributed by atoms with van der Waals surface area (Å²) in [5.74, 6) is 0.551. The molecule has 1 aromatic heterocycles. The van der Waals surface area contributed by atoms with Crippen molar-refractivity contribution in [2.24, 2.45) is 0 Å². The van der Waals surface area contributed by atoms with Crippen molar-refractivity contribution in [2.45, 2.75) is 31.7 Å². The van der Waals surface area contributed by atoms with Crippen LogP contribution in [0.2, 0.25) is 0 Å². The van der Waals surface area contributed by atoms with E-state index >= 15 is 0 Å². The van der Waals surface area contributed by atoms with Gasteiger partial charge in [-0.2, -0.15) is 0 Å². The van der Waals surface area contributed by atoms with Crippen LogP contribution in [-0.4, -0.2) is 47.3 Å². The Balaban J connectivity index is 1.48. The molecule has 0 spiro atoms. The van der Waals surface area contributed by atoms with Crippen LogP contribution in [0.5, 0.6) is 5.75 Å². The van der Waals surface area contributed by atoms with Crippen LogP contribution in [0, 0.1) is 0 Å². The first-order chi connectivity index (χ1) is 15.1. The van der Waals surface area contributed by atoms with Gasteiger partial charge in [-0.15, -0.1) is 5.10 Å². The Morgan fingerprint density at radius 2 is 1.90 bits per heavy atom. The monoisotopic (exact) mass is 422 g/mol. The first-order valence-electron chi connectivity index (χ1n) is 10.5. The number of nitrogens with zero attached hydrogens (tertiary/aromatic N) is 3. The highest BCUT2D eigenvalue weighted by molar-refractivity contribution is 5.78. The van der Waals surface area contributed by atoms with E-state index in [0.717, 1.165) is 28.8 Å². The molecule has 3 aromatic rings. The summed E-state index contributed by atoms with van der Waals surface area (Å²) in [6, 6.07) is 15.0. The Morgan fingerprint density at radius 3 is 2.65 bits per heavy atom. The number of carbonyl (C=O) groups excluding carboxylic acids is 1. The Morgan fingerprint density at radius 1 is 1.16 bits per heavy atom. The minimum absolute atomic E-state index is 0.174. The minimum atomic E-state index is -0.326. The van der Waals surface area contributed by atoms with Gasteiger partial charge in [-0.3, -0.25) is 9.59 Å². The van der Waals surface area contributed by atoms with Crippen LogP contribution in [0.3, 0.4) is 0 Å². The van der Waals surface area contributed by atoms with Crippen LogP contribution in [0.15, 0.2) is 53.3 Å². The van der Waals surface area contributed by atoms with Gasteiger partial charge in [0, 0.05) is 25.2 Å².